The SMILES string of the molecule is C[C@@H]1C[C@@H]1c1ccc(Br)cc1[N+](=O)[O-]. The normalized spacial score (nSPS) is 24.7. The Kier molecular flexibility index (Phi) is 2.31. The Balaban J connectivity index is 2.43. The second-order valence-corrected chi connectivity index (χ2v) is 4.70. The van der Waals surface area contributed by atoms with Gasteiger partial charge in [0.1, 0.15) is 0 Å². The van der Waals surface area contributed by atoms with E-state index in [0.717, 1.165) is 16.5 Å². The van der Waals surface area contributed by atoms with Gasteiger partial charge in [-0.3, -0.25) is 10.1 Å². The first-order valence-electron chi connectivity index (χ1n) is 4.53. The van der Waals surface area contributed by atoms with Crippen molar-refractivity contribution in [2.75, 3.05) is 0 Å². The average molecular weight is 256 g/mol. The number of nitrogens with zero attached hydrogens (tertiary/aromatic N) is 1. The molecule has 1 aromatic carbocycles. The molecule has 0 radical (unpaired) electrons. The van der Waals surface area contributed by atoms with E-state index in [-0.39, 0.29) is 10.6 Å². The van der Waals surface area contributed by atoms with E-state index in [4.69, 9.17) is 0 Å². The number of nitro groups is 1. The maximum Gasteiger partial charge on any atom is 0.274 e. The molecule has 0 aromatic heterocycles. The molecule has 1 aliphatic carbocycles. The fourth-order valence-electron chi connectivity index (χ4n) is 1.74. The molecule has 0 amide bonds. The first kappa shape index (κ1) is 9.65. The molecule has 2 atom stereocenters. The van der Waals surface area contributed by atoms with Crippen molar-refractivity contribution in [2.45, 2.75) is 19.3 Å². The van der Waals surface area contributed by atoms with Crippen molar-refractivity contribution >= 4 is 21.6 Å². The van der Waals surface area contributed by atoms with Gasteiger partial charge in [-0.15, -0.1) is 0 Å². The van der Waals surface area contributed by atoms with Crippen LogP contribution in [0.4, 0.5) is 5.69 Å². The quantitative estimate of drug-likeness (QED) is 0.600. The van der Waals surface area contributed by atoms with Crippen molar-refractivity contribution in [3.05, 3.63) is 38.3 Å². The maximum absolute atomic E-state index is 10.8. The van der Waals surface area contributed by atoms with Crippen molar-refractivity contribution in [3.63, 3.8) is 0 Å². The van der Waals surface area contributed by atoms with E-state index in [9.17, 15) is 10.1 Å². The zero-order valence-corrected chi connectivity index (χ0v) is 9.32. The van der Waals surface area contributed by atoms with Crippen molar-refractivity contribution < 1.29 is 4.92 Å². The van der Waals surface area contributed by atoms with Gasteiger partial charge >= 0.3 is 0 Å². The van der Waals surface area contributed by atoms with Crippen LogP contribution in [0.15, 0.2) is 22.7 Å². The van der Waals surface area contributed by atoms with E-state index < -0.39 is 0 Å². The van der Waals surface area contributed by atoms with E-state index in [1.807, 2.05) is 12.1 Å². The summed E-state index contributed by atoms with van der Waals surface area (Å²) in [6, 6.07) is 5.31. The monoisotopic (exact) mass is 255 g/mol. The highest BCUT2D eigenvalue weighted by atomic mass is 79.9. The smallest absolute Gasteiger partial charge is 0.258 e. The molecular formula is C10H10BrNO2. The van der Waals surface area contributed by atoms with Crippen molar-refractivity contribution in [3.8, 4) is 0 Å². The van der Waals surface area contributed by atoms with E-state index in [1.165, 1.54) is 0 Å². The molecule has 3 nitrogen and oxygen atoms in total. The summed E-state index contributed by atoms with van der Waals surface area (Å²) < 4.78 is 0.765. The number of rotatable bonds is 2. The van der Waals surface area contributed by atoms with Crippen LogP contribution in [0.3, 0.4) is 0 Å². The molecule has 1 saturated carbocycles. The largest absolute Gasteiger partial charge is 0.274 e. The molecule has 4 heteroatoms. The molecule has 0 N–H and O–H groups in total. The first-order chi connectivity index (χ1) is 6.59. The van der Waals surface area contributed by atoms with Gasteiger partial charge in [-0.05, 0) is 24.3 Å². The van der Waals surface area contributed by atoms with Crippen LogP contribution in [-0.4, -0.2) is 4.92 Å². The summed E-state index contributed by atoms with van der Waals surface area (Å²) in [5.41, 5.74) is 1.12. The minimum atomic E-state index is -0.300. The Labute approximate surface area is 90.4 Å². The summed E-state index contributed by atoms with van der Waals surface area (Å²) in [6.45, 7) is 2.12. The standard InChI is InChI=1S/C10H10BrNO2/c1-6-4-9(6)8-3-2-7(11)5-10(8)12(13)14/h2-3,5-6,9H,4H2,1H3/t6-,9+/m1/s1. The van der Waals surface area contributed by atoms with Crippen LogP contribution < -0.4 is 0 Å². The zero-order valence-electron chi connectivity index (χ0n) is 7.74. The van der Waals surface area contributed by atoms with E-state index in [0.29, 0.717) is 11.8 Å². The summed E-state index contributed by atoms with van der Waals surface area (Å²) in [7, 11) is 0. The van der Waals surface area contributed by atoms with Gasteiger partial charge in [0, 0.05) is 16.1 Å². The second kappa shape index (κ2) is 3.35. The fraction of sp³-hybridized carbons (Fsp3) is 0.400. The highest BCUT2D eigenvalue weighted by Gasteiger charge is 2.38. The third kappa shape index (κ3) is 1.66. The van der Waals surface area contributed by atoms with Crippen LogP contribution in [-0.2, 0) is 0 Å². The molecule has 0 spiro atoms. The molecule has 74 valence electrons. The number of hydrogen-bond acceptors (Lipinski definition) is 2. The lowest BCUT2D eigenvalue weighted by molar-refractivity contribution is -0.385. The van der Waals surface area contributed by atoms with Gasteiger partial charge in [0.25, 0.3) is 5.69 Å². The topological polar surface area (TPSA) is 43.1 Å². The van der Waals surface area contributed by atoms with Gasteiger partial charge in [0.2, 0.25) is 0 Å². The van der Waals surface area contributed by atoms with E-state index in [1.54, 1.807) is 6.07 Å². The Morgan fingerprint density at radius 1 is 1.57 bits per heavy atom. The Hall–Kier alpha value is -0.900. The summed E-state index contributed by atoms with van der Waals surface area (Å²) in [4.78, 5) is 10.5. The molecule has 2 rings (SSSR count). The number of benzene rings is 1. The minimum Gasteiger partial charge on any atom is -0.258 e. The van der Waals surface area contributed by atoms with Crippen molar-refractivity contribution in [1.82, 2.24) is 0 Å². The van der Waals surface area contributed by atoms with Crippen molar-refractivity contribution in [1.29, 1.82) is 0 Å². The summed E-state index contributed by atoms with van der Waals surface area (Å²) in [6.07, 6.45) is 1.07. The Morgan fingerprint density at radius 2 is 2.21 bits per heavy atom. The average Bonchev–Trinajstić information content (AvgIpc) is 2.82. The summed E-state index contributed by atoms with van der Waals surface area (Å²) in [5.74, 6) is 0.985. The fourth-order valence-corrected chi connectivity index (χ4v) is 2.09. The lowest BCUT2D eigenvalue weighted by Gasteiger charge is -2.01. The summed E-state index contributed by atoms with van der Waals surface area (Å²) in [5, 5.41) is 10.8. The van der Waals surface area contributed by atoms with Gasteiger partial charge in [0.05, 0.1) is 4.92 Å². The minimum absolute atomic E-state index is 0.244. The van der Waals surface area contributed by atoms with Gasteiger partial charge in [0.15, 0.2) is 0 Å². The molecule has 0 aliphatic heterocycles. The van der Waals surface area contributed by atoms with Crippen LogP contribution in [0, 0.1) is 16.0 Å². The highest BCUT2D eigenvalue weighted by molar-refractivity contribution is 9.10. The number of hydrogen-bond donors (Lipinski definition) is 0. The molecule has 0 saturated heterocycles. The molecule has 14 heavy (non-hydrogen) atoms. The predicted octanol–water partition coefficient (Wildman–Crippen LogP) is 3.48. The van der Waals surface area contributed by atoms with Crippen LogP contribution >= 0.6 is 15.9 Å². The number of halogens is 1. The maximum atomic E-state index is 10.8. The Bertz CT molecular complexity index is 392. The van der Waals surface area contributed by atoms with Crippen LogP contribution in [0.25, 0.3) is 0 Å². The van der Waals surface area contributed by atoms with Crippen LogP contribution in [0.1, 0.15) is 24.8 Å². The van der Waals surface area contributed by atoms with Crippen LogP contribution in [0.2, 0.25) is 0 Å². The predicted molar refractivity (Wildman–Crippen MR) is 57.3 cm³/mol. The molecule has 0 unspecified atom stereocenters. The summed E-state index contributed by atoms with van der Waals surface area (Å²) >= 11 is 3.24. The van der Waals surface area contributed by atoms with Crippen molar-refractivity contribution in [2.24, 2.45) is 5.92 Å². The van der Waals surface area contributed by atoms with Crippen LogP contribution in [0.5, 0.6) is 0 Å². The third-order valence-corrected chi connectivity index (χ3v) is 3.19. The second-order valence-electron chi connectivity index (χ2n) is 3.78. The molecule has 0 heterocycles. The molecular weight excluding hydrogens is 246 g/mol. The van der Waals surface area contributed by atoms with Gasteiger partial charge in [-0.2, -0.15) is 0 Å². The molecule has 1 fully saturated rings. The van der Waals surface area contributed by atoms with Gasteiger partial charge < -0.3 is 0 Å². The molecule has 1 aromatic rings. The molecule has 1 aliphatic rings. The van der Waals surface area contributed by atoms with Gasteiger partial charge in [-0.25, -0.2) is 0 Å². The lowest BCUT2D eigenvalue weighted by atomic mass is 10.1. The molecule has 0 bridgehead atoms. The van der Waals surface area contributed by atoms with E-state index >= 15 is 0 Å². The first-order valence-corrected chi connectivity index (χ1v) is 5.32. The number of nitro benzene ring substituents is 1. The van der Waals surface area contributed by atoms with Gasteiger partial charge in [-0.1, -0.05) is 28.9 Å². The van der Waals surface area contributed by atoms with E-state index in [2.05, 4.69) is 22.9 Å². The third-order valence-electron chi connectivity index (χ3n) is 2.70. The Morgan fingerprint density at radius 3 is 2.71 bits per heavy atom. The lowest BCUT2D eigenvalue weighted by Crippen LogP contribution is -1.94. The zero-order chi connectivity index (χ0) is 10.3. The highest BCUT2D eigenvalue weighted by Crippen LogP contribution is 2.50.